The summed E-state index contributed by atoms with van der Waals surface area (Å²) in [5, 5.41) is 0. The van der Waals surface area contributed by atoms with Crippen molar-refractivity contribution in [3.8, 4) is 0 Å². The SMILES string of the molecule is CCCCCC1(CCC)CC(CCN2CCN(c3ccc(F)cc3)CC2C)OC1=O. The molecule has 2 saturated heterocycles. The van der Waals surface area contributed by atoms with E-state index in [9.17, 15) is 9.18 Å². The number of nitrogens with zero attached hydrogens (tertiary/aromatic N) is 2. The van der Waals surface area contributed by atoms with Gasteiger partial charge < -0.3 is 9.64 Å². The van der Waals surface area contributed by atoms with Crippen LogP contribution in [0.2, 0.25) is 0 Å². The van der Waals surface area contributed by atoms with Crippen LogP contribution in [0.3, 0.4) is 0 Å². The second kappa shape index (κ2) is 10.6. The highest BCUT2D eigenvalue weighted by molar-refractivity contribution is 5.79. The molecule has 0 bridgehead atoms. The lowest BCUT2D eigenvalue weighted by molar-refractivity contribution is -0.149. The van der Waals surface area contributed by atoms with Crippen molar-refractivity contribution in [1.82, 2.24) is 4.90 Å². The van der Waals surface area contributed by atoms with Crippen LogP contribution in [0.5, 0.6) is 0 Å². The standard InChI is InChI=1S/C25H39FN2O2/c1-4-6-7-14-25(13-5-2)18-23(30-24(25)29)12-15-27-16-17-28(19-20(27)3)22-10-8-21(26)9-11-22/h8-11,20,23H,4-7,12-19H2,1-3H3. The minimum atomic E-state index is -0.235. The summed E-state index contributed by atoms with van der Waals surface area (Å²) in [6.07, 6.45) is 8.36. The Morgan fingerprint density at radius 3 is 2.53 bits per heavy atom. The molecule has 5 heteroatoms. The maximum atomic E-state index is 13.2. The summed E-state index contributed by atoms with van der Waals surface area (Å²) in [4.78, 5) is 17.6. The van der Waals surface area contributed by atoms with Gasteiger partial charge in [0.1, 0.15) is 11.9 Å². The summed E-state index contributed by atoms with van der Waals surface area (Å²) < 4.78 is 19.1. The van der Waals surface area contributed by atoms with Crippen molar-refractivity contribution in [2.75, 3.05) is 31.1 Å². The van der Waals surface area contributed by atoms with E-state index in [1.807, 2.05) is 12.1 Å². The lowest BCUT2D eigenvalue weighted by Crippen LogP contribution is -2.52. The van der Waals surface area contributed by atoms with E-state index in [0.29, 0.717) is 6.04 Å². The zero-order valence-corrected chi connectivity index (χ0v) is 19.0. The first-order valence-electron chi connectivity index (χ1n) is 11.9. The Labute approximate surface area is 181 Å². The highest BCUT2D eigenvalue weighted by Gasteiger charge is 2.47. The average molecular weight is 419 g/mol. The van der Waals surface area contributed by atoms with Gasteiger partial charge in [-0.15, -0.1) is 0 Å². The summed E-state index contributed by atoms with van der Waals surface area (Å²) >= 11 is 0. The van der Waals surface area contributed by atoms with Gasteiger partial charge in [0.25, 0.3) is 0 Å². The first kappa shape index (κ1) is 23.1. The van der Waals surface area contributed by atoms with E-state index in [4.69, 9.17) is 4.74 Å². The number of rotatable bonds is 10. The zero-order chi connectivity index (χ0) is 21.6. The summed E-state index contributed by atoms with van der Waals surface area (Å²) in [5.74, 6) is -0.134. The predicted molar refractivity (Wildman–Crippen MR) is 120 cm³/mol. The molecule has 2 heterocycles. The molecule has 30 heavy (non-hydrogen) atoms. The van der Waals surface area contributed by atoms with Gasteiger partial charge in [-0.25, -0.2) is 4.39 Å². The predicted octanol–water partition coefficient (Wildman–Crippen LogP) is 5.41. The molecule has 3 unspecified atom stereocenters. The monoisotopic (exact) mass is 418 g/mol. The minimum absolute atomic E-state index is 0.0552. The van der Waals surface area contributed by atoms with Crippen LogP contribution in [0.15, 0.2) is 24.3 Å². The van der Waals surface area contributed by atoms with E-state index in [-0.39, 0.29) is 23.3 Å². The number of hydrogen-bond donors (Lipinski definition) is 0. The van der Waals surface area contributed by atoms with Crippen molar-refractivity contribution in [3.05, 3.63) is 30.1 Å². The number of halogens is 1. The van der Waals surface area contributed by atoms with Crippen LogP contribution in [0.1, 0.15) is 72.1 Å². The normalized spacial score (nSPS) is 27.5. The minimum Gasteiger partial charge on any atom is -0.462 e. The number of benzene rings is 1. The number of cyclic esters (lactones) is 1. The van der Waals surface area contributed by atoms with Crippen molar-refractivity contribution in [3.63, 3.8) is 0 Å². The maximum Gasteiger partial charge on any atom is 0.312 e. The van der Waals surface area contributed by atoms with E-state index in [1.165, 1.54) is 25.0 Å². The zero-order valence-electron chi connectivity index (χ0n) is 19.0. The van der Waals surface area contributed by atoms with E-state index in [2.05, 4.69) is 30.6 Å². The Morgan fingerprint density at radius 1 is 1.10 bits per heavy atom. The average Bonchev–Trinajstić information content (AvgIpc) is 3.03. The van der Waals surface area contributed by atoms with Crippen LogP contribution in [-0.4, -0.2) is 49.2 Å². The molecule has 1 aromatic rings. The number of anilines is 1. The Morgan fingerprint density at radius 2 is 1.87 bits per heavy atom. The number of unbranched alkanes of at least 4 members (excludes halogenated alkanes) is 2. The highest BCUT2D eigenvalue weighted by atomic mass is 19.1. The lowest BCUT2D eigenvalue weighted by atomic mass is 9.76. The third-order valence-corrected chi connectivity index (χ3v) is 7.01. The molecule has 2 aliphatic heterocycles. The molecular weight excluding hydrogens is 379 g/mol. The van der Waals surface area contributed by atoms with Crippen molar-refractivity contribution in [2.24, 2.45) is 5.41 Å². The summed E-state index contributed by atoms with van der Waals surface area (Å²) in [6, 6.07) is 7.21. The number of carbonyl (C=O) groups is 1. The first-order chi connectivity index (χ1) is 14.5. The molecular formula is C25H39FN2O2. The van der Waals surface area contributed by atoms with Gasteiger partial charge in [-0.05, 0) is 50.5 Å². The van der Waals surface area contributed by atoms with Gasteiger partial charge in [-0.3, -0.25) is 9.69 Å². The van der Waals surface area contributed by atoms with Gasteiger partial charge in [0, 0.05) is 44.3 Å². The van der Waals surface area contributed by atoms with Crippen molar-refractivity contribution in [1.29, 1.82) is 0 Å². The molecule has 4 nitrogen and oxygen atoms in total. The lowest BCUT2D eigenvalue weighted by Gasteiger charge is -2.41. The molecule has 0 N–H and O–H groups in total. The number of hydrogen-bond acceptors (Lipinski definition) is 4. The van der Waals surface area contributed by atoms with Gasteiger partial charge in [-0.2, -0.15) is 0 Å². The van der Waals surface area contributed by atoms with Gasteiger partial charge in [0.15, 0.2) is 0 Å². The van der Waals surface area contributed by atoms with Crippen molar-refractivity contribution < 1.29 is 13.9 Å². The Kier molecular flexibility index (Phi) is 8.15. The molecule has 1 aromatic carbocycles. The smallest absolute Gasteiger partial charge is 0.312 e. The molecule has 168 valence electrons. The summed E-state index contributed by atoms with van der Waals surface area (Å²) in [5.41, 5.74) is 0.852. The topological polar surface area (TPSA) is 32.8 Å². The van der Waals surface area contributed by atoms with Crippen LogP contribution in [0, 0.1) is 11.2 Å². The third-order valence-electron chi connectivity index (χ3n) is 7.01. The molecule has 0 saturated carbocycles. The fraction of sp³-hybridized carbons (Fsp3) is 0.720. The molecule has 0 spiro atoms. The second-order valence-electron chi connectivity index (χ2n) is 9.31. The maximum absolute atomic E-state index is 13.2. The molecule has 3 rings (SSSR count). The second-order valence-corrected chi connectivity index (χ2v) is 9.31. The quantitative estimate of drug-likeness (QED) is 0.376. The Hall–Kier alpha value is -1.62. The number of ether oxygens (including phenoxy) is 1. The van der Waals surface area contributed by atoms with Gasteiger partial charge in [0.05, 0.1) is 5.41 Å². The van der Waals surface area contributed by atoms with Crippen LogP contribution >= 0.6 is 0 Å². The summed E-state index contributed by atoms with van der Waals surface area (Å²) in [7, 11) is 0. The van der Waals surface area contributed by atoms with E-state index < -0.39 is 0 Å². The highest BCUT2D eigenvalue weighted by Crippen LogP contribution is 2.43. The van der Waals surface area contributed by atoms with Gasteiger partial charge in [0.2, 0.25) is 0 Å². The fourth-order valence-corrected chi connectivity index (χ4v) is 5.25. The van der Waals surface area contributed by atoms with E-state index >= 15 is 0 Å². The van der Waals surface area contributed by atoms with Gasteiger partial charge >= 0.3 is 5.97 Å². The molecule has 3 atom stereocenters. The van der Waals surface area contributed by atoms with Crippen LogP contribution < -0.4 is 4.90 Å². The van der Waals surface area contributed by atoms with Crippen LogP contribution in [0.25, 0.3) is 0 Å². The van der Waals surface area contributed by atoms with Crippen molar-refractivity contribution >= 4 is 11.7 Å². The van der Waals surface area contributed by atoms with E-state index in [1.54, 1.807) is 0 Å². The van der Waals surface area contributed by atoms with Crippen molar-refractivity contribution in [2.45, 2.75) is 84.3 Å². The third kappa shape index (κ3) is 5.54. The molecule has 0 amide bonds. The largest absolute Gasteiger partial charge is 0.462 e. The number of esters is 1. The molecule has 0 aliphatic carbocycles. The van der Waals surface area contributed by atoms with E-state index in [0.717, 1.165) is 70.4 Å². The fourth-order valence-electron chi connectivity index (χ4n) is 5.25. The number of carbonyl (C=O) groups excluding carboxylic acids is 1. The van der Waals surface area contributed by atoms with Crippen LogP contribution in [-0.2, 0) is 9.53 Å². The first-order valence-corrected chi connectivity index (χ1v) is 11.9. The summed E-state index contributed by atoms with van der Waals surface area (Å²) in [6.45, 7) is 10.5. The Balaban J connectivity index is 1.49. The molecule has 2 aliphatic rings. The molecule has 2 fully saturated rings. The number of piperazine rings is 1. The van der Waals surface area contributed by atoms with Crippen LogP contribution in [0.4, 0.5) is 10.1 Å². The molecule has 0 aromatic heterocycles. The molecule has 0 radical (unpaired) electrons. The van der Waals surface area contributed by atoms with Gasteiger partial charge in [-0.1, -0.05) is 39.5 Å². The Bertz CT molecular complexity index is 680.